The molecule has 1 saturated heterocycles. The molecule has 1 aromatic rings. The lowest BCUT2D eigenvalue weighted by molar-refractivity contribution is 0.339. The predicted octanol–water partition coefficient (Wildman–Crippen LogP) is 2.93. The molecule has 2 unspecified atom stereocenters. The van der Waals surface area contributed by atoms with Crippen molar-refractivity contribution >= 4 is 23.5 Å². The zero-order valence-corrected chi connectivity index (χ0v) is 11.7. The van der Waals surface area contributed by atoms with Crippen molar-refractivity contribution in [2.45, 2.75) is 18.2 Å². The van der Waals surface area contributed by atoms with Gasteiger partial charge in [-0.05, 0) is 24.6 Å². The largest absolute Gasteiger partial charge is 0.494 e. The maximum absolute atomic E-state index is 6.35. The summed E-state index contributed by atoms with van der Waals surface area (Å²) in [7, 11) is 0. The third-order valence-corrected chi connectivity index (χ3v) is 5.68. The third-order valence-electron chi connectivity index (χ3n) is 2.80. The number of thioether (sulfide) groups is 2. The molecule has 2 N–H and O–H groups in total. The molecule has 0 amide bonds. The van der Waals surface area contributed by atoms with Gasteiger partial charge in [0.05, 0.1) is 6.61 Å². The first-order chi connectivity index (χ1) is 8.31. The van der Waals surface area contributed by atoms with E-state index in [1.165, 1.54) is 17.1 Å². The Kier molecular flexibility index (Phi) is 5.07. The van der Waals surface area contributed by atoms with Crippen LogP contribution in [0.4, 0.5) is 0 Å². The summed E-state index contributed by atoms with van der Waals surface area (Å²) in [6.07, 6.45) is 0. The highest BCUT2D eigenvalue weighted by molar-refractivity contribution is 8.06. The fourth-order valence-electron chi connectivity index (χ4n) is 1.91. The summed E-state index contributed by atoms with van der Waals surface area (Å²) in [5.74, 6) is 4.56. The Hall–Kier alpha value is -0.320. The van der Waals surface area contributed by atoms with Crippen LogP contribution in [0.3, 0.4) is 0 Å². The van der Waals surface area contributed by atoms with E-state index < -0.39 is 0 Å². The fraction of sp³-hybridized carbons (Fsp3) is 0.538. The number of ether oxygens (including phenoxy) is 1. The summed E-state index contributed by atoms with van der Waals surface area (Å²) in [6, 6.07) is 8.32. The molecule has 4 heteroatoms. The van der Waals surface area contributed by atoms with Crippen LogP contribution in [0.15, 0.2) is 24.3 Å². The van der Waals surface area contributed by atoms with Crippen molar-refractivity contribution in [3.8, 4) is 5.75 Å². The molecule has 1 heterocycles. The maximum atomic E-state index is 6.35. The predicted molar refractivity (Wildman–Crippen MR) is 78.1 cm³/mol. The molecule has 94 valence electrons. The fourth-order valence-corrected chi connectivity index (χ4v) is 4.71. The Morgan fingerprint density at radius 2 is 2.35 bits per heavy atom. The lowest BCUT2D eigenvalue weighted by Gasteiger charge is -2.27. The van der Waals surface area contributed by atoms with E-state index in [0.717, 1.165) is 11.5 Å². The van der Waals surface area contributed by atoms with Crippen molar-refractivity contribution in [3.05, 3.63) is 29.8 Å². The average molecular weight is 269 g/mol. The molecule has 0 radical (unpaired) electrons. The Labute approximate surface area is 112 Å². The molecule has 2 atom stereocenters. The third kappa shape index (κ3) is 3.57. The molecule has 17 heavy (non-hydrogen) atoms. The highest BCUT2D eigenvalue weighted by Gasteiger charge is 2.22. The van der Waals surface area contributed by atoms with Crippen LogP contribution < -0.4 is 10.5 Å². The summed E-state index contributed by atoms with van der Waals surface area (Å²) in [6.45, 7) is 2.70. The van der Waals surface area contributed by atoms with Gasteiger partial charge in [0.1, 0.15) is 5.75 Å². The van der Waals surface area contributed by atoms with Gasteiger partial charge in [0, 0.05) is 28.6 Å². The van der Waals surface area contributed by atoms with Gasteiger partial charge < -0.3 is 10.5 Å². The first-order valence-corrected chi connectivity index (χ1v) is 8.19. The summed E-state index contributed by atoms with van der Waals surface area (Å²) in [5.41, 5.74) is 7.54. The van der Waals surface area contributed by atoms with Gasteiger partial charge in [-0.2, -0.15) is 23.5 Å². The van der Waals surface area contributed by atoms with E-state index in [-0.39, 0.29) is 6.04 Å². The second-order valence-corrected chi connectivity index (χ2v) is 6.51. The number of rotatable bonds is 4. The van der Waals surface area contributed by atoms with Crippen LogP contribution in [0.2, 0.25) is 0 Å². The van der Waals surface area contributed by atoms with Crippen LogP contribution in [0.5, 0.6) is 5.75 Å². The number of hydrogen-bond acceptors (Lipinski definition) is 4. The van der Waals surface area contributed by atoms with Crippen molar-refractivity contribution in [2.75, 3.05) is 23.9 Å². The van der Waals surface area contributed by atoms with E-state index in [1.54, 1.807) is 0 Å². The van der Waals surface area contributed by atoms with Crippen LogP contribution in [-0.4, -0.2) is 29.1 Å². The van der Waals surface area contributed by atoms with Gasteiger partial charge >= 0.3 is 0 Å². The quantitative estimate of drug-likeness (QED) is 0.911. The molecule has 1 fully saturated rings. The van der Waals surface area contributed by atoms with Crippen LogP contribution in [0.25, 0.3) is 0 Å². The standard InChI is InChI=1S/C13H19NOS2/c1-2-15-11-5-3-4-10(8-11)13(14)12-9-16-6-7-17-12/h3-5,8,12-13H,2,6-7,9,14H2,1H3. The summed E-state index contributed by atoms with van der Waals surface area (Å²) >= 11 is 4.01. The van der Waals surface area contributed by atoms with Crippen molar-refractivity contribution in [1.29, 1.82) is 0 Å². The minimum atomic E-state index is 0.119. The summed E-state index contributed by atoms with van der Waals surface area (Å²) < 4.78 is 5.52. The van der Waals surface area contributed by atoms with Crippen LogP contribution in [0.1, 0.15) is 18.5 Å². The van der Waals surface area contributed by atoms with Gasteiger partial charge in [0.2, 0.25) is 0 Å². The average Bonchev–Trinajstić information content (AvgIpc) is 2.40. The second-order valence-electron chi connectivity index (χ2n) is 4.02. The molecule has 1 aliphatic rings. The van der Waals surface area contributed by atoms with E-state index in [4.69, 9.17) is 10.5 Å². The van der Waals surface area contributed by atoms with Gasteiger partial charge in [-0.15, -0.1) is 0 Å². The van der Waals surface area contributed by atoms with E-state index in [2.05, 4.69) is 12.1 Å². The molecular formula is C13H19NOS2. The van der Waals surface area contributed by atoms with Crippen LogP contribution in [0, 0.1) is 0 Å². The number of hydrogen-bond donors (Lipinski definition) is 1. The highest BCUT2D eigenvalue weighted by Crippen LogP contribution is 2.33. The molecule has 0 aliphatic carbocycles. The van der Waals surface area contributed by atoms with Gasteiger partial charge in [-0.25, -0.2) is 0 Å². The zero-order valence-electron chi connectivity index (χ0n) is 10.1. The minimum absolute atomic E-state index is 0.119. The second kappa shape index (κ2) is 6.57. The van der Waals surface area contributed by atoms with E-state index in [1.807, 2.05) is 42.6 Å². The van der Waals surface area contributed by atoms with E-state index in [9.17, 15) is 0 Å². The highest BCUT2D eigenvalue weighted by atomic mass is 32.2. The van der Waals surface area contributed by atoms with Gasteiger partial charge in [0.25, 0.3) is 0 Å². The molecule has 0 bridgehead atoms. The first-order valence-electron chi connectivity index (χ1n) is 5.99. The summed E-state index contributed by atoms with van der Waals surface area (Å²) in [5, 5.41) is 0.533. The lowest BCUT2D eigenvalue weighted by atomic mass is 10.0. The number of benzene rings is 1. The van der Waals surface area contributed by atoms with E-state index >= 15 is 0 Å². The summed E-state index contributed by atoms with van der Waals surface area (Å²) in [4.78, 5) is 0. The van der Waals surface area contributed by atoms with Crippen molar-refractivity contribution < 1.29 is 4.74 Å². The Balaban J connectivity index is 2.06. The SMILES string of the molecule is CCOc1cccc(C(N)C2CSCCS2)c1. The van der Waals surface area contributed by atoms with Crippen LogP contribution >= 0.6 is 23.5 Å². The van der Waals surface area contributed by atoms with Crippen molar-refractivity contribution in [3.63, 3.8) is 0 Å². The number of nitrogens with two attached hydrogens (primary N) is 1. The van der Waals surface area contributed by atoms with Gasteiger partial charge in [-0.3, -0.25) is 0 Å². The van der Waals surface area contributed by atoms with E-state index in [0.29, 0.717) is 11.9 Å². The molecular weight excluding hydrogens is 250 g/mol. The molecule has 2 nitrogen and oxygen atoms in total. The maximum Gasteiger partial charge on any atom is 0.119 e. The lowest BCUT2D eigenvalue weighted by Crippen LogP contribution is -2.28. The molecule has 0 aromatic heterocycles. The monoisotopic (exact) mass is 269 g/mol. The smallest absolute Gasteiger partial charge is 0.119 e. The van der Waals surface area contributed by atoms with Gasteiger partial charge in [-0.1, -0.05) is 12.1 Å². The molecule has 0 saturated carbocycles. The Morgan fingerprint density at radius 3 is 3.06 bits per heavy atom. The Morgan fingerprint density at radius 1 is 1.47 bits per heavy atom. The first kappa shape index (κ1) is 13.1. The molecule has 1 aromatic carbocycles. The zero-order chi connectivity index (χ0) is 12.1. The molecule has 0 spiro atoms. The minimum Gasteiger partial charge on any atom is -0.494 e. The molecule has 2 rings (SSSR count). The van der Waals surface area contributed by atoms with Crippen molar-refractivity contribution in [2.24, 2.45) is 5.73 Å². The topological polar surface area (TPSA) is 35.2 Å². The Bertz CT molecular complexity index is 353. The van der Waals surface area contributed by atoms with Crippen LogP contribution in [-0.2, 0) is 0 Å². The van der Waals surface area contributed by atoms with Gasteiger partial charge in [0.15, 0.2) is 0 Å². The normalized spacial score (nSPS) is 22.1. The molecule has 1 aliphatic heterocycles. The van der Waals surface area contributed by atoms with Crippen molar-refractivity contribution in [1.82, 2.24) is 0 Å².